The molecule has 0 bridgehead atoms. The Balaban J connectivity index is 1.72. The maximum absolute atomic E-state index is 12.5. The highest BCUT2D eigenvalue weighted by Crippen LogP contribution is 2.35. The second-order valence-electron chi connectivity index (χ2n) is 5.96. The summed E-state index contributed by atoms with van der Waals surface area (Å²) in [5, 5.41) is 14.7. The minimum Gasteiger partial charge on any atom is -0.323 e. The van der Waals surface area contributed by atoms with Crippen molar-refractivity contribution in [3.63, 3.8) is 0 Å². The second kappa shape index (κ2) is 6.13. The van der Waals surface area contributed by atoms with Gasteiger partial charge in [-0.2, -0.15) is 5.26 Å². The molecule has 2 N–H and O–H groups in total. The number of nitriles is 1. The summed E-state index contributed by atoms with van der Waals surface area (Å²) in [7, 11) is 0. The topological polar surface area (TPSA) is 102 Å². The molecule has 1 saturated carbocycles. The molecule has 1 aliphatic heterocycles. The van der Waals surface area contributed by atoms with Crippen molar-refractivity contribution in [2.24, 2.45) is 0 Å². The summed E-state index contributed by atoms with van der Waals surface area (Å²) in [4.78, 5) is 37.7. The van der Waals surface area contributed by atoms with E-state index in [1.54, 1.807) is 0 Å². The van der Waals surface area contributed by atoms with E-state index in [1.165, 1.54) is 18.2 Å². The van der Waals surface area contributed by atoms with Crippen molar-refractivity contribution in [2.45, 2.75) is 31.2 Å². The van der Waals surface area contributed by atoms with Crippen LogP contribution in [0.25, 0.3) is 0 Å². The van der Waals surface area contributed by atoms with Crippen LogP contribution < -0.4 is 10.6 Å². The lowest BCUT2D eigenvalue weighted by Crippen LogP contribution is -2.44. The van der Waals surface area contributed by atoms with Crippen LogP contribution in [0.5, 0.6) is 0 Å². The highest BCUT2D eigenvalue weighted by molar-refractivity contribution is 6.31. The van der Waals surface area contributed by atoms with Crippen molar-refractivity contribution in [3.05, 3.63) is 28.8 Å². The molecule has 24 heavy (non-hydrogen) atoms. The average molecular weight is 347 g/mol. The molecule has 1 aromatic rings. The summed E-state index contributed by atoms with van der Waals surface area (Å²) >= 11 is 5.87. The molecule has 0 radical (unpaired) electrons. The number of benzene rings is 1. The van der Waals surface area contributed by atoms with Gasteiger partial charge in [0.2, 0.25) is 5.91 Å². The lowest BCUT2D eigenvalue weighted by Gasteiger charge is -2.19. The predicted molar refractivity (Wildman–Crippen MR) is 86.2 cm³/mol. The number of carbonyl (C=O) groups excluding carboxylic acids is 3. The molecular weight excluding hydrogens is 332 g/mol. The standard InChI is InChI=1S/C16H15ClN4O3/c17-11-4-3-10(8-18)12(7-11)19-13(22)9-21-14(23)16(20-15(21)24)5-1-2-6-16/h3-4,7H,1-2,5-6,9H2,(H,19,22)(H,20,24). The number of nitrogens with one attached hydrogen (secondary N) is 2. The van der Waals surface area contributed by atoms with E-state index >= 15 is 0 Å². The van der Waals surface area contributed by atoms with Gasteiger partial charge in [0.15, 0.2) is 0 Å². The molecule has 8 heteroatoms. The third-order valence-electron chi connectivity index (χ3n) is 4.38. The van der Waals surface area contributed by atoms with Crippen LogP contribution in [-0.2, 0) is 9.59 Å². The fourth-order valence-corrected chi connectivity index (χ4v) is 3.36. The van der Waals surface area contributed by atoms with Gasteiger partial charge in [-0.3, -0.25) is 14.5 Å². The molecule has 0 aromatic heterocycles. The second-order valence-corrected chi connectivity index (χ2v) is 6.40. The Morgan fingerprint density at radius 3 is 2.75 bits per heavy atom. The minimum atomic E-state index is -0.842. The van der Waals surface area contributed by atoms with Crippen LogP contribution in [0, 0.1) is 11.3 Å². The third kappa shape index (κ3) is 2.81. The van der Waals surface area contributed by atoms with E-state index < -0.39 is 24.0 Å². The van der Waals surface area contributed by atoms with Gasteiger partial charge in [0.1, 0.15) is 18.2 Å². The molecule has 1 aliphatic carbocycles. The van der Waals surface area contributed by atoms with Crippen LogP contribution in [0.1, 0.15) is 31.2 Å². The van der Waals surface area contributed by atoms with Crippen LogP contribution >= 0.6 is 11.6 Å². The molecule has 0 atom stereocenters. The van der Waals surface area contributed by atoms with E-state index in [0.29, 0.717) is 17.9 Å². The maximum atomic E-state index is 12.5. The quantitative estimate of drug-likeness (QED) is 0.817. The predicted octanol–water partition coefficient (Wildman–Crippen LogP) is 2.01. The van der Waals surface area contributed by atoms with Crippen molar-refractivity contribution in [1.29, 1.82) is 5.26 Å². The Bertz CT molecular complexity index is 765. The van der Waals surface area contributed by atoms with Gasteiger partial charge in [0, 0.05) is 5.02 Å². The Kier molecular flexibility index (Phi) is 4.16. The van der Waals surface area contributed by atoms with Gasteiger partial charge in [-0.15, -0.1) is 0 Å². The molecule has 1 aromatic carbocycles. The van der Waals surface area contributed by atoms with E-state index in [9.17, 15) is 14.4 Å². The zero-order valence-electron chi connectivity index (χ0n) is 12.8. The van der Waals surface area contributed by atoms with Gasteiger partial charge in [-0.1, -0.05) is 24.4 Å². The van der Waals surface area contributed by atoms with Gasteiger partial charge in [-0.05, 0) is 31.0 Å². The number of rotatable bonds is 3. The van der Waals surface area contributed by atoms with Gasteiger partial charge in [0.05, 0.1) is 11.3 Å². The number of imide groups is 1. The zero-order chi connectivity index (χ0) is 17.3. The first-order chi connectivity index (χ1) is 11.4. The number of amides is 4. The van der Waals surface area contributed by atoms with E-state index in [2.05, 4.69) is 10.6 Å². The fourth-order valence-electron chi connectivity index (χ4n) is 3.19. The van der Waals surface area contributed by atoms with Crippen molar-refractivity contribution in [3.8, 4) is 6.07 Å². The van der Waals surface area contributed by atoms with Gasteiger partial charge in [0.25, 0.3) is 5.91 Å². The number of urea groups is 1. The first kappa shape index (κ1) is 16.3. The lowest BCUT2D eigenvalue weighted by atomic mass is 9.98. The van der Waals surface area contributed by atoms with Crippen LogP contribution in [0.3, 0.4) is 0 Å². The Morgan fingerprint density at radius 2 is 2.08 bits per heavy atom. The van der Waals surface area contributed by atoms with Crippen molar-refractivity contribution in [2.75, 3.05) is 11.9 Å². The van der Waals surface area contributed by atoms with E-state index in [-0.39, 0.29) is 17.2 Å². The highest BCUT2D eigenvalue weighted by atomic mass is 35.5. The number of halogens is 1. The summed E-state index contributed by atoms with van der Waals surface area (Å²) in [6.45, 7) is -0.399. The number of nitrogens with zero attached hydrogens (tertiary/aromatic N) is 2. The number of anilines is 1. The maximum Gasteiger partial charge on any atom is 0.325 e. The highest BCUT2D eigenvalue weighted by Gasteiger charge is 2.52. The average Bonchev–Trinajstić information content (AvgIpc) is 3.09. The van der Waals surface area contributed by atoms with Crippen molar-refractivity contribution < 1.29 is 14.4 Å². The Morgan fingerprint density at radius 1 is 1.38 bits per heavy atom. The van der Waals surface area contributed by atoms with Crippen molar-refractivity contribution >= 4 is 35.1 Å². The third-order valence-corrected chi connectivity index (χ3v) is 4.62. The summed E-state index contributed by atoms with van der Waals surface area (Å²) in [6, 6.07) is 5.86. The Labute approximate surface area is 143 Å². The van der Waals surface area contributed by atoms with Gasteiger partial charge >= 0.3 is 6.03 Å². The molecule has 1 spiro atoms. The Hall–Kier alpha value is -2.59. The molecule has 3 rings (SSSR count). The first-order valence-corrected chi connectivity index (χ1v) is 7.97. The monoisotopic (exact) mass is 346 g/mol. The van der Waals surface area contributed by atoms with Crippen LogP contribution in [-0.4, -0.2) is 34.8 Å². The van der Waals surface area contributed by atoms with Gasteiger partial charge < -0.3 is 10.6 Å². The summed E-state index contributed by atoms with van der Waals surface area (Å²) in [5.74, 6) is -0.918. The van der Waals surface area contributed by atoms with E-state index in [4.69, 9.17) is 16.9 Å². The van der Waals surface area contributed by atoms with Gasteiger partial charge in [-0.25, -0.2) is 4.79 Å². The molecule has 1 saturated heterocycles. The fraction of sp³-hybridized carbons (Fsp3) is 0.375. The molecule has 4 amide bonds. The molecule has 2 aliphatic rings. The smallest absolute Gasteiger partial charge is 0.323 e. The summed E-state index contributed by atoms with van der Waals surface area (Å²) in [5.41, 5.74) is -0.347. The normalized spacial score (nSPS) is 18.6. The number of hydrogen-bond donors (Lipinski definition) is 2. The van der Waals surface area contributed by atoms with Crippen LogP contribution in [0.15, 0.2) is 18.2 Å². The first-order valence-electron chi connectivity index (χ1n) is 7.59. The molecule has 2 fully saturated rings. The SMILES string of the molecule is N#Cc1ccc(Cl)cc1NC(=O)CN1C(=O)NC2(CCCC2)C1=O. The summed E-state index contributed by atoms with van der Waals surface area (Å²) in [6.07, 6.45) is 2.95. The van der Waals surface area contributed by atoms with Crippen LogP contribution in [0.4, 0.5) is 10.5 Å². The molecule has 0 unspecified atom stereocenters. The number of hydrogen-bond acceptors (Lipinski definition) is 4. The minimum absolute atomic E-state index is 0.247. The van der Waals surface area contributed by atoms with Crippen molar-refractivity contribution in [1.82, 2.24) is 10.2 Å². The van der Waals surface area contributed by atoms with E-state index in [1.807, 2.05) is 6.07 Å². The number of carbonyl (C=O) groups is 3. The summed E-state index contributed by atoms with van der Waals surface area (Å²) < 4.78 is 0. The largest absolute Gasteiger partial charge is 0.325 e. The lowest BCUT2D eigenvalue weighted by molar-refractivity contribution is -0.133. The van der Waals surface area contributed by atoms with E-state index in [0.717, 1.165) is 17.7 Å². The molecular formula is C16H15ClN4O3. The zero-order valence-corrected chi connectivity index (χ0v) is 13.5. The molecule has 7 nitrogen and oxygen atoms in total. The molecule has 1 heterocycles. The van der Waals surface area contributed by atoms with Crippen LogP contribution in [0.2, 0.25) is 5.02 Å². The molecule has 124 valence electrons.